The SMILES string of the molecule is CCOc1ccccc1Oc1c(C(F)(F)F)oc2cc(OCc3ccccc3Cl)ccc2c1=O. The first kappa shape index (κ1) is 23.5. The van der Waals surface area contributed by atoms with E-state index in [1.807, 2.05) is 0 Å². The zero-order valence-corrected chi connectivity index (χ0v) is 18.6. The molecule has 0 atom stereocenters. The summed E-state index contributed by atoms with van der Waals surface area (Å²) in [6.45, 7) is 2.06. The highest BCUT2D eigenvalue weighted by Crippen LogP contribution is 2.40. The zero-order valence-electron chi connectivity index (χ0n) is 17.8. The van der Waals surface area contributed by atoms with Crippen molar-refractivity contribution in [1.29, 1.82) is 0 Å². The summed E-state index contributed by atoms with van der Waals surface area (Å²) in [6.07, 6.45) is -4.99. The maximum atomic E-state index is 13.8. The molecule has 0 aliphatic rings. The number of hydrogen-bond acceptors (Lipinski definition) is 5. The van der Waals surface area contributed by atoms with Crippen LogP contribution in [0.1, 0.15) is 18.2 Å². The van der Waals surface area contributed by atoms with Crippen molar-refractivity contribution in [2.45, 2.75) is 19.7 Å². The Morgan fingerprint density at radius 3 is 2.35 bits per heavy atom. The Balaban J connectivity index is 1.74. The summed E-state index contributed by atoms with van der Waals surface area (Å²) in [4.78, 5) is 13.0. The lowest BCUT2D eigenvalue weighted by atomic mass is 10.2. The van der Waals surface area contributed by atoms with Crippen LogP contribution in [0.15, 0.2) is 75.9 Å². The van der Waals surface area contributed by atoms with E-state index in [2.05, 4.69) is 0 Å². The van der Waals surface area contributed by atoms with Gasteiger partial charge in [0.15, 0.2) is 11.5 Å². The molecular formula is C25H18ClF3O5. The Hall–Kier alpha value is -3.65. The Bertz CT molecular complexity index is 1380. The van der Waals surface area contributed by atoms with Crippen molar-refractivity contribution in [2.24, 2.45) is 0 Å². The monoisotopic (exact) mass is 490 g/mol. The van der Waals surface area contributed by atoms with Crippen molar-refractivity contribution in [3.05, 3.63) is 93.3 Å². The third kappa shape index (κ3) is 4.97. The molecule has 9 heteroatoms. The van der Waals surface area contributed by atoms with E-state index >= 15 is 0 Å². The predicted molar refractivity (Wildman–Crippen MR) is 121 cm³/mol. The smallest absolute Gasteiger partial charge is 0.453 e. The van der Waals surface area contributed by atoms with Crippen molar-refractivity contribution < 1.29 is 31.8 Å². The average molecular weight is 491 g/mol. The molecule has 0 unspecified atom stereocenters. The summed E-state index contributed by atoms with van der Waals surface area (Å²) < 4.78 is 63.1. The van der Waals surface area contributed by atoms with Crippen molar-refractivity contribution in [3.63, 3.8) is 0 Å². The minimum atomic E-state index is -4.99. The number of rotatable bonds is 7. The number of benzene rings is 3. The third-order valence-corrected chi connectivity index (χ3v) is 5.16. The fourth-order valence-electron chi connectivity index (χ4n) is 3.22. The molecule has 0 saturated carbocycles. The maximum absolute atomic E-state index is 13.8. The van der Waals surface area contributed by atoms with Crippen LogP contribution in [0.25, 0.3) is 11.0 Å². The van der Waals surface area contributed by atoms with Crippen LogP contribution >= 0.6 is 11.6 Å². The number of hydrogen-bond donors (Lipinski definition) is 0. The van der Waals surface area contributed by atoms with Crippen molar-refractivity contribution in [2.75, 3.05) is 6.61 Å². The Kier molecular flexibility index (Phi) is 6.70. The fourth-order valence-corrected chi connectivity index (χ4v) is 3.41. The highest BCUT2D eigenvalue weighted by Gasteiger charge is 2.40. The minimum Gasteiger partial charge on any atom is -0.490 e. The molecule has 1 aromatic heterocycles. The Labute approximate surface area is 197 Å². The van der Waals surface area contributed by atoms with Gasteiger partial charge in [0.1, 0.15) is 17.9 Å². The molecule has 0 spiro atoms. The van der Waals surface area contributed by atoms with Crippen LogP contribution in [0.3, 0.4) is 0 Å². The third-order valence-electron chi connectivity index (χ3n) is 4.79. The molecule has 0 bridgehead atoms. The standard InChI is InChI=1S/C25H18ClF3O5/c1-2-31-19-9-5-6-10-20(19)33-23-22(30)17-12-11-16(13-21(17)34-24(23)25(27,28)29)32-14-15-7-3-4-8-18(15)26/h3-13H,2,14H2,1H3. The molecule has 4 rings (SSSR count). The molecule has 0 aliphatic heterocycles. The molecule has 1 heterocycles. The van der Waals surface area contributed by atoms with Gasteiger partial charge < -0.3 is 18.6 Å². The Morgan fingerprint density at radius 2 is 1.65 bits per heavy atom. The van der Waals surface area contributed by atoms with Gasteiger partial charge in [-0.15, -0.1) is 0 Å². The van der Waals surface area contributed by atoms with Gasteiger partial charge in [-0.1, -0.05) is 41.9 Å². The first-order valence-electron chi connectivity index (χ1n) is 10.2. The fraction of sp³-hybridized carbons (Fsp3) is 0.160. The summed E-state index contributed by atoms with van der Waals surface area (Å²) in [5.74, 6) is -2.17. The molecule has 176 valence electrons. The van der Waals surface area contributed by atoms with Gasteiger partial charge >= 0.3 is 6.18 Å². The lowest BCUT2D eigenvalue weighted by Gasteiger charge is -2.15. The predicted octanol–water partition coefficient (Wildman–Crippen LogP) is 7.24. The summed E-state index contributed by atoms with van der Waals surface area (Å²) in [5, 5.41) is 0.394. The van der Waals surface area contributed by atoms with E-state index < -0.39 is 23.1 Å². The molecule has 0 radical (unpaired) electrons. The molecule has 4 aromatic rings. The van der Waals surface area contributed by atoms with Crippen LogP contribution in [0, 0.1) is 0 Å². The highest BCUT2D eigenvalue weighted by atomic mass is 35.5. The molecule has 0 saturated heterocycles. The van der Waals surface area contributed by atoms with Crippen LogP contribution in [0.4, 0.5) is 13.2 Å². The van der Waals surface area contributed by atoms with Gasteiger partial charge in [0.05, 0.1) is 12.0 Å². The quantitative estimate of drug-likeness (QED) is 0.273. The van der Waals surface area contributed by atoms with Crippen LogP contribution in [0.5, 0.6) is 23.0 Å². The molecule has 34 heavy (non-hydrogen) atoms. The number of alkyl halides is 3. The van der Waals surface area contributed by atoms with Gasteiger partial charge in [-0.3, -0.25) is 4.79 Å². The first-order chi connectivity index (χ1) is 16.3. The summed E-state index contributed by atoms with van der Waals surface area (Å²) in [6, 6.07) is 17.1. The second-order valence-electron chi connectivity index (χ2n) is 7.11. The van der Waals surface area contributed by atoms with E-state index in [0.29, 0.717) is 10.6 Å². The van der Waals surface area contributed by atoms with E-state index in [9.17, 15) is 18.0 Å². The normalized spacial score (nSPS) is 11.4. The van der Waals surface area contributed by atoms with Gasteiger partial charge in [0, 0.05) is 16.7 Å². The van der Waals surface area contributed by atoms with Gasteiger partial charge in [0.2, 0.25) is 11.2 Å². The van der Waals surface area contributed by atoms with Crippen LogP contribution in [-0.4, -0.2) is 6.61 Å². The number of ether oxygens (including phenoxy) is 3. The highest BCUT2D eigenvalue weighted by molar-refractivity contribution is 6.31. The van der Waals surface area contributed by atoms with Crippen molar-refractivity contribution in [3.8, 4) is 23.0 Å². The summed E-state index contributed by atoms with van der Waals surface area (Å²) in [7, 11) is 0. The second kappa shape index (κ2) is 9.69. The molecule has 0 fully saturated rings. The maximum Gasteiger partial charge on any atom is 0.453 e. The largest absolute Gasteiger partial charge is 0.490 e. The number of halogens is 4. The van der Waals surface area contributed by atoms with Crippen molar-refractivity contribution >= 4 is 22.6 Å². The Morgan fingerprint density at radius 1 is 0.941 bits per heavy atom. The molecule has 5 nitrogen and oxygen atoms in total. The van der Waals surface area contributed by atoms with E-state index in [1.54, 1.807) is 43.3 Å². The van der Waals surface area contributed by atoms with E-state index in [0.717, 1.165) is 0 Å². The first-order valence-corrected chi connectivity index (χ1v) is 10.6. The molecule has 0 N–H and O–H groups in total. The summed E-state index contributed by atoms with van der Waals surface area (Å²) >= 11 is 6.10. The van der Waals surface area contributed by atoms with E-state index in [1.165, 1.54) is 30.3 Å². The van der Waals surface area contributed by atoms with Gasteiger partial charge in [-0.25, -0.2) is 0 Å². The van der Waals surface area contributed by atoms with Crippen LogP contribution in [0.2, 0.25) is 5.02 Å². The lowest BCUT2D eigenvalue weighted by Crippen LogP contribution is -2.15. The number of fused-ring (bicyclic) bond motifs is 1. The molecular weight excluding hydrogens is 473 g/mol. The average Bonchev–Trinajstić information content (AvgIpc) is 2.80. The molecule has 0 amide bonds. The van der Waals surface area contributed by atoms with Gasteiger partial charge in [0.25, 0.3) is 5.76 Å². The molecule has 0 aliphatic carbocycles. The number of para-hydroxylation sites is 2. The summed E-state index contributed by atoms with van der Waals surface area (Å²) in [5.41, 5.74) is -0.574. The topological polar surface area (TPSA) is 57.9 Å². The van der Waals surface area contributed by atoms with Crippen LogP contribution < -0.4 is 19.6 Å². The van der Waals surface area contributed by atoms with E-state index in [-0.39, 0.29) is 41.4 Å². The molecule has 3 aromatic carbocycles. The second-order valence-corrected chi connectivity index (χ2v) is 7.51. The van der Waals surface area contributed by atoms with Crippen LogP contribution in [-0.2, 0) is 12.8 Å². The minimum absolute atomic E-state index is 0.0406. The van der Waals surface area contributed by atoms with E-state index in [4.69, 9.17) is 30.2 Å². The lowest BCUT2D eigenvalue weighted by molar-refractivity contribution is -0.154. The van der Waals surface area contributed by atoms with Gasteiger partial charge in [-0.05, 0) is 37.3 Å². The zero-order chi connectivity index (χ0) is 24.3. The van der Waals surface area contributed by atoms with Gasteiger partial charge in [-0.2, -0.15) is 13.2 Å². The van der Waals surface area contributed by atoms with Crippen molar-refractivity contribution in [1.82, 2.24) is 0 Å².